The van der Waals surface area contributed by atoms with Crippen LogP contribution in [0.15, 0.2) is 16.8 Å². The molecule has 1 heterocycles. The van der Waals surface area contributed by atoms with Crippen molar-refractivity contribution in [2.75, 3.05) is 0 Å². The average Bonchev–Trinajstić information content (AvgIpc) is 2.35. The van der Waals surface area contributed by atoms with E-state index < -0.39 is 0 Å². The molecule has 1 aromatic rings. The largest absolute Gasteiger partial charge is 0.393 e. The maximum atomic E-state index is 9.12. The highest BCUT2D eigenvalue weighted by molar-refractivity contribution is 7.07. The summed E-state index contributed by atoms with van der Waals surface area (Å²) in [6.07, 6.45) is 0.668. The molecule has 1 N–H and O–H groups in total. The molecule has 62 valence electrons. The van der Waals surface area contributed by atoms with Gasteiger partial charge in [0.1, 0.15) is 0 Å². The van der Waals surface area contributed by atoms with Crippen LogP contribution >= 0.6 is 11.3 Å². The van der Waals surface area contributed by atoms with Crippen LogP contribution in [0.4, 0.5) is 0 Å². The van der Waals surface area contributed by atoms with Crippen LogP contribution in [0.1, 0.15) is 31.7 Å². The lowest BCUT2D eigenvalue weighted by Gasteiger charge is -2.10. The van der Waals surface area contributed by atoms with Crippen molar-refractivity contribution in [3.63, 3.8) is 0 Å². The maximum absolute atomic E-state index is 9.12. The molecular weight excluding hydrogens is 156 g/mol. The zero-order valence-electron chi connectivity index (χ0n) is 6.95. The molecule has 2 atom stereocenters. The summed E-state index contributed by atoms with van der Waals surface area (Å²) < 4.78 is 0. The van der Waals surface area contributed by atoms with E-state index in [2.05, 4.69) is 23.8 Å². The molecule has 0 spiro atoms. The molecule has 0 saturated carbocycles. The van der Waals surface area contributed by atoms with Crippen molar-refractivity contribution in [1.29, 1.82) is 0 Å². The number of hydrogen-bond acceptors (Lipinski definition) is 2. The minimum atomic E-state index is -0.190. The third kappa shape index (κ3) is 2.64. The first-order valence-corrected chi connectivity index (χ1v) is 4.84. The summed E-state index contributed by atoms with van der Waals surface area (Å²) in [4.78, 5) is 0. The lowest BCUT2D eigenvalue weighted by molar-refractivity contribution is 0.176. The Hall–Kier alpha value is -0.340. The molecule has 0 amide bonds. The fourth-order valence-electron chi connectivity index (χ4n) is 1.20. The predicted octanol–water partition coefficient (Wildman–Crippen LogP) is 2.62. The van der Waals surface area contributed by atoms with Crippen LogP contribution < -0.4 is 0 Å². The van der Waals surface area contributed by atoms with Crippen molar-refractivity contribution in [2.24, 2.45) is 0 Å². The molecule has 0 bridgehead atoms. The molecule has 0 fully saturated rings. The fourth-order valence-corrected chi connectivity index (χ4v) is 1.99. The van der Waals surface area contributed by atoms with Gasteiger partial charge in [-0.3, -0.25) is 0 Å². The molecule has 0 unspecified atom stereocenters. The Bertz CT molecular complexity index is 191. The summed E-state index contributed by atoms with van der Waals surface area (Å²) in [5.74, 6) is 0.487. The summed E-state index contributed by atoms with van der Waals surface area (Å²) in [5.41, 5.74) is 1.34. The van der Waals surface area contributed by atoms with Gasteiger partial charge in [-0.25, -0.2) is 0 Å². The molecule has 0 radical (unpaired) electrons. The smallest absolute Gasteiger partial charge is 0.0517 e. The summed E-state index contributed by atoms with van der Waals surface area (Å²) >= 11 is 1.71. The van der Waals surface area contributed by atoms with Gasteiger partial charge in [-0.15, -0.1) is 0 Å². The number of aliphatic hydroxyl groups is 1. The van der Waals surface area contributed by atoms with Gasteiger partial charge < -0.3 is 5.11 Å². The minimum absolute atomic E-state index is 0.190. The van der Waals surface area contributed by atoms with Crippen LogP contribution in [0.5, 0.6) is 0 Å². The number of hydrogen-bond donors (Lipinski definition) is 1. The Balaban J connectivity index is 2.49. The van der Waals surface area contributed by atoms with E-state index in [1.807, 2.05) is 6.92 Å². The van der Waals surface area contributed by atoms with Crippen LogP contribution in [0.25, 0.3) is 0 Å². The van der Waals surface area contributed by atoms with E-state index in [0.717, 1.165) is 6.42 Å². The zero-order valence-corrected chi connectivity index (χ0v) is 7.77. The van der Waals surface area contributed by atoms with Gasteiger partial charge in [0.25, 0.3) is 0 Å². The van der Waals surface area contributed by atoms with E-state index >= 15 is 0 Å². The highest BCUT2D eigenvalue weighted by Gasteiger charge is 2.07. The van der Waals surface area contributed by atoms with Gasteiger partial charge in [-0.05, 0) is 41.7 Å². The van der Waals surface area contributed by atoms with Crippen molar-refractivity contribution in [3.05, 3.63) is 22.4 Å². The molecular formula is C9H14OS. The molecule has 0 aliphatic heterocycles. The first-order valence-electron chi connectivity index (χ1n) is 3.90. The third-order valence-corrected chi connectivity index (χ3v) is 2.51. The fraction of sp³-hybridized carbons (Fsp3) is 0.556. The summed E-state index contributed by atoms with van der Waals surface area (Å²) in [6, 6.07) is 2.12. The highest BCUT2D eigenvalue weighted by Crippen LogP contribution is 2.22. The van der Waals surface area contributed by atoms with Crippen molar-refractivity contribution >= 4 is 11.3 Å². The Labute approximate surface area is 71.7 Å². The van der Waals surface area contributed by atoms with Crippen molar-refractivity contribution in [2.45, 2.75) is 32.3 Å². The molecule has 1 aromatic heterocycles. The van der Waals surface area contributed by atoms with Crippen molar-refractivity contribution in [1.82, 2.24) is 0 Å². The summed E-state index contributed by atoms with van der Waals surface area (Å²) in [6.45, 7) is 3.98. The molecule has 1 rings (SSSR count). The second kappa shape index (κ2) is 3.88. The first kappa shape index (κ1) is 8.75. The second-order valence-corrected chi connectivity index (χ2v) is 3.82. The van der Waals surface area contributed by atoms with Gasteiger partial charge in [-0.1, -0.05) is 6.92 Å². The zero-order chi connectivity index (χ0) is 8.27. The van der Waals surface area contributed by atoms with Crippen LogP contribution in [0, 0.1) is 0 Å². The number of thiophene rings is 1. The molecule has 0 saturated heterocycles. The first-order chi connectivity index (χ1) is 5.20. The summed E-state index contributed by atoms with van der Waals surface area (Å²) in [7, 11) is 0. The maximum Gasteiger partial charge on any atom is 0.0517 e. The van der Waals surface area contributed by atoms with Crippen LogP contribution in [0.2, 0.25) is 0 Å². The van der Waals surface area contributed by atoms with E-state index in [1.54, 1.807) is 11.3 Å². The van der Waals surface area contributed by atoms with Gasteiger partial charge in [0.15, 0.2) is 0 Å². The molecule has 2 heteroatoms. The van der Waals surface area contributed by atoms with Crippen LogP contribution in [-0.4, -0.2) is 11.2 Å². The number of aliphatic hydroxyl groups excluding tert-OH is 1. The van der Waals surface area contributed by atoms with Gasteiger partial charge in [0, 0.05) is 0 Å². The van der Waals surface area contributed by atoms with E-state index in [9.17, 15) is 0 Å². The van der Waals surface area contributed by atoms with Gasteiger partial charge in [-0.2, -0.15) is 11.3 Å². The third-order valence-electron chi connectivity index (χ3n) is 1.81. The van der Waals surface area contributed by atoms with E-state index in [1.165, 1.54) is 5.56 Å². The van der Waals surface area contributed by atoms with E-state index in [4.69, 9.17) is 5.11 Å². The van der Waals surface area contributed by atoms with Gasteiger partial charge >= 0.3 is 0 Å². The highest BCUT2D eigenvalue weighted by atomic mass is 32.1. The Morgan fingerprint density at radius 3 is 2.73 bits per heavy atom. The molecule has 0 aliphatic carbocycles. The van der Waals surface area contributed by atoms with Gasteiger partial charge in [0.05, 0.1) is 6.10 Å². The molecule has 0 aliphatic rings. The van der Waals surface area contributed by atoms with Crippen LogP contribution in [0.3, 0.4) is 0 Å². The minimum Gasteiger partial charge on any atom is -0.393 e. The molecule has 1 nitrogen and oxygen atoms in total. The predicted molar refractivity (Wildman–Crippen MR) is 49.0 cm³/mol. The lowest BCUT2D eigenvalue weighted by atomic mass is 9.98. The molecule has 11 heavy (non-hydrogen) atoms. The Kier molecular flexibility index (Phi) is 3.09. The molecule has 0 aromatic carbocycles. The SMILES string of the molecule is C[C@@H](O)C[C@H](C)c1ccsc1. The van der Waals surface area contributed by atoms with Crippen molar-refractivity contribution < 1.29 is 5.11 Å². The summed E-state index contributed by atoms with van der Waals surface area (Å²) in [5, 5.41) is 13.3. The number of rotatable bonds is 3. The Morgan fingerprint density at radius 1 is 1.55 bits per heavy atom. The standard InChI is InChI=1S/C9H14OS/c1-7(5-8(2)10)9-3-4-11-6-9/h3-4,6-8,10H,5H2,1-2H3/t7-,8+/m0/s1. The average molecular weight is 170 g/mol. The lowest BCUT2D eigenvalue weighted by Crippen LogP contribution is -2.04. The van der Waals surface area contributed by atoms with E-state index in [-0.39, 0.29) is 6.10 Å². The van der Waals surface area contributed by atoms with Crippen LogP contribution in [-0.2, 0) is 0 Å². The monoisotopic (exact) mass is 170 g/mol. The topological polar surface area (TPSA) is 20.2 Å². The Morgan fingerprint density at radius 2 is 2.27 bits per heavy atom. The quantitative estimate of drug-likeness (QED) is 0.739. The van der Waals surface area contributed by atoms with Gasteiger partial charge in [0.2, 0.25) is 0 Å². The normalized spacial score (nSPS) is 16.3. The second-order valence-electron chi connectivity index (χ2n) is 3.04. The van der Waals surface area contributed by atoms with Crippen molar-refractivity contribution in [3.8, 4) is 0 Å². The van der Waals surface area contributed by atoms with E-state index in [0.29, 0.717) is 5.92 Å².